The van der Waals surface area contributed by atoms with E-state index in [1.54, 1.807) is 25.6 Å². The third-order valence-corrected chi connectivity index (χ3v) is 6.58. The second kappa shape index (κ2) is 5.06. The van der Waals surface area contributed by atoms with E-state index in [0.29, 0.717) is 18.0 Å². The number of rotatable bonds is 2. The van der Waals surface area contributed by atoms with Crippen molar-refractivity contribution < 1.29 is 12.9 Å². The van der Waals surface area contributed by atoms with Crippen molar-refractivity contribution in [3.63, 3.8) is 0 Å². The van der Waals surface area contributed by atoms with E-state index in [1.165, 1.54) is 4.31 Å². The number of aryl methyl sites for hydroxylation is 2. The molecule has 1 aliphatic heterocycles. The van der Waals surface area contributed by atoms with Gasteiger partial charge in [-0.05, 0) is 26.0 Å². The Morgan fingerprint density at radius 2 is 2.05 bits per heavy atom. The lowest BCUT2D eigenvalue weighted by Crippen LogP contribution is -2.38. The van der Waals surface area contributed by atoms with Crippen LogP contribution in [0.4, 0.5) is 5.69 Å². The van der Waals surface area contributed by atoms with Gasteiger partial charge in [0.05, 0.1) is 5.69 Å². The Labute approximate surface area is 128 Å². The largest absolute Gasteiger partial charge is 0.360 e. The fourth-order valence-electron chi connectivity index (χ4n) is 2.53. The highest BCUT2D eigenvalue weighted by molar-refractivity contribution is 8.00. The van der Waals surface area contributed by atoms with Gasteiger partial charge < -0.3 is 4.52 Å². The van der Waals surface area contributed by atoms with Gasteiger partial charge >= 0.3 is 0 Å². The summed E-state index contributed by atoms with van der Waals surface area (Å²) >= 11 is 1.69. The number of aromatic nitrogens is 1. The molecule has 3 rings (SSSR count). The number of fused-ring (bicyclic) bond motifs is 1. The minimum absolute atomic E-state index is 0.177. The molecule has 0 saturated heterocycles. The lowest BCUT2D eigenvalue weighted by molar-refractivity contribution is 0.390. The molecule has 0 amide bonds. The molecule has 1 atom stereocenters. The molecule has 0 N–H and O–H groups in total. The number of thioether (sulfide) groups is 1. The zero-order chi connectivity index (χ0) is 15.2. The summed E-state index contributed by atoms with van der Waals surface area (Å²) in [4.78, 5) is 1.16. The topological polar surface area (TPSA) is 63.4 Å². The standard InChI is InChI=1S/C14H16N2O3S2/c1-9-8-16(12-6-4-5-7-13(12)20-9)21(17,18)14-10(2)15-19-11(14)3/h4-7,9H,8H2,1-3H3. The highest BCUT2D eigenvalue weighted by Crippen LogP contribution is 2.41. The summed E-state index contributed by atoms with van der Waals surface area (Å²) in [6.07, 6.45) is 0. The van der Waals surface area contributed by atoms with E-state index in [2.05, 4.69) is 5.16 Å². The number of hydrogen-bond donors (Lipinski definition) is 0. The van der Waals surface area contributed by atoms with Crippen LogP contribution in [0.5, 0.6) is 0 Å². The quantitative estimate of drug-likeness (QED) is 0.850. The Kier molecular flexibility index (Phi) is 3.49. The Hall–Kier alpha value is -1.47. The molecular formula is C14H16N2O3S2. The predicted molar refractivity (Wildman–Crippen MR) is 82.3 cm³/mol. The first-order valence-corrected chi connectivity index (χ1v) is 8.94. The number of para-hydroxylation sites is 1. The summed E-state index contributed by atoms with van der Waals surface area (Å²) in [7, 11) is -3.66. The summed E-state index contributed by atoms with van der Waals surface area (Å²) in [5, 5.41) is 3.96. The molecule has 112 valence electrons. The summed E-state index contributed by atoms with van der Waals surface area (Å²) in [6, 6.07) is 7.56. The molecule has 5 nitrogen and oxygen atoms in total. The lowest BCUT2D eigenvalue weighted by Gasteiger charge is -2.33. The van der Waals surface area contributed by atoms with E-state index >= 15 is 0 Å². The Bertz CT molecular complexity index is 764. The number of nitrogens with zero attached hydrogens (tertiary/aromatic N) is 2. The van der Waals surface area contributed by atoms with Crippen molar-refractivity contribution in [1.29, 1.82) is 0 Å². The zero-order valence-corrected chi connectivity index (χ0v) is 13.7. The van der Waals surface area contributed by atoms with Crippen LogP contribution < -0.4 is 4.31 Å². The van der Waals surface area contributed by atoms with Gasteiger partial charge in [0, 0.05) is 16.7 Å². The molecule has 2 aromatic rings. The summed E-state index contributed by atoms with van der Waals surface area (Å²) in [6.45, 7) is 5.74. The number of sulfonamides is 1. The van der Waals surface area contributed by atoms with Crippen LogP contribution in [-0.4, -0.2) is 25.4 Å². The molecule has 1 unspecified atom stereocenters. The van der Waals surface area contributed by atoms with Crippen molar-refractivity contribution in [2.45, 2.75) is 35.8 Å². The molecule has 2 heterocycles. The maximum atomic E-state index is 13.0. The second-order valence-electron chi connectivity index (χ2n) is 5.09. The maximum Gasteiger partial charge on any atom is 0.269 e. The first-order chi connectivity index (χ1) is 9.91. The Morgan fingerprint density at radius 1 is 1.33 bits per heavy atom. The van der Waals surface area contributed by atoms with Gasteiger partial charge in [-0.1, -0.05) is 24.2 Å². The van der Waals surface area contributed by atoms with Gasteiger partial charge in [-0.2, -0.15) is 0 Å². The van der Waals surface area contributed by atoms with Gasteiger partial charge in [-0.25, -0.2) is 8.42 Å². The molecule has 7 heteroatoms. The normalized spacial score (nSPS) is 18.6. The molecule has 0 spiro atoms. The summed E-state index contributed by atoms with van der Waals surface area (Å²) in [5.41, 5.74) is 1.12. The molecule has 0 aliphatic carbocycles. The first kappa shape index (κ1) is 14.5. The van der Waals surface area contributed by atoms with E-state index < -0.39 is 10.0 Å². The van der Waals surface area contributed by atoms with Crippen molar-refractivity contribution in [2.24, 2.45) is 0 Å². The van der Waals surface area contributed by atoms with Crippen LogP contribution >= 0.6 is 11.8 Å². The fraction of sp³-hybridized carbons (Fsp3) is 0.357. The predicted octanol–water partition coefficient (Wildman–Crippen LogP) is 2.98. The first-order valence-electron chi connectivity index (χ1n) is 6.62. The smallest absolute Gasteiger partial charge is 0.269 e. The molecule has 0 fully saturated rings. The second-order valence-corrected chi connectivity index (χ2v) is 8.37. The molecular weight excluding hydrogens is 308 g/mol. The lowest BCUT2D eigenvalue weighted by atomic mass is 10.3. The molecule has 0 saturated carbocycles. The van der Waals surface area contributed by atoms with Gasteiger partial charge in [0.15, 0.2) is 10.7 Å². The SMILES string of the molecule is Cc1noc(C)c1S(=O)(=O)N1CC(C)Sc2ccccc21. The van der Waals surface area contributed by atoms with Crippen molar-refractivity contribution in [3.8, 4) is 0 Å². The summed E-state index contributed by atoms with van der Waals surface area (Å²) in [5.74, 6) is 0.330. The number of benzene rings is 1. The van der Waals surface area contributed by atoms with Gasteiger partial charge in [-0.3, -0.25) is 4.31 Å². The Balaban J connectivity index is 2.16. The van der Waals surface area contributed by atoms with E-state index in [4.69, 9.17) is 4.52 Å². The number of anilines is 1. The molecule has 1 aromatic carbocycles. The summed E-state index contributed by atoms with van der Waals surface area (Å²) < 4.78 is 32.5. The molecule has 21 heavy (non-hydrogen) atoms. The third kappa shape index (κ3) is 2.34. The maximum absolute atomic E-state index is 13.0. The van der Waals surface area contributed by atoms with Crippen molar-refractivity contribution in [1.82, 2.24) is 5.16 Å². The number of hydrogen-bond acceptors (Lipinski definition) is 5. The van der Waals surface area contributed by atoms with Crippen LogP contribution in [-0.2, 0) is 10.0 Å². The fourth-order valence-corrected chi connectivity index (χ4v) is 5.66. The monoisotopic (exact) mass is 324 g/mol. The van der Waals surface area contributed by atoms with Crippen LogP contribution in [0.15, 0.2) is 38.6 Å². The minimum atomic E-state index is -3.66. The molecule has 0 bridgehead atoms. The van der Waals surface area contributed by atoms with Crippen LogP contribution in [0.3, 0.4) is 0 Å². The zero-order valence-electron chi connectivity index (χ0n) is 12.0. The van der Waals surface area contributed by atoms with E-state index in [9.17, 15) is 8.42 Å². The van der Waals surface area contributed by atoms with Crippen molar-refractivity contribution in [2.75, 3.05) is 10.8 Å². The molecule has 0 radical (unpaired) electrons. The van der Waals surface area contributed by atoms with Crippen LogP contribution in [0.1, 0.15) is 18.4 Å². The minimum Gasteiger partial charge on any atom is -0.360 e. The highest BCUT2D eigenvalue weighted by Gasteiger charge is 2.35. The van der Waals surface area contributed by atoms with E-state index in [-0.39, 0.29) is 10.1 Å². The van der Waals surface area contributed by atoms with Crippen LogP contribution in [0, 0.1) is 13.8 Å². The average Bonchev–Trinajstić information content (AvgIpc) is 2.77. The van der Waals surface area contributed by atoms with Crippen LogP contribution in [0.25, 0.3) is 0 Å². The van der Waals surface area contributed by atoms with Gasteiger partial charge in [-0.15, -0.1) is 11.8 Å². The third-order valence-electron chi connectivity index (χ3n) is 3.40. The highest BCUT2D eigenvalue weighted by atomic mass is 32.2. The Morgan fingerprint density at radius 3 is 2.71 bits per heavy atom. The average molecular weight is 324 g/mol. The van der Waals surface area contributed by atoms with E-state index in [0.717, 1.165) is 10.6 Å². The molecule has 1 aliphatic rings. The van der Waals surface area contributed by atoms with Gasteiger partial charge in [0.1, 0.15) is 5.69 Å². The van der Waals surface area contributed by atoms with Gasteiger partial charge in [0.25, 0.3) is 10.0 Å². The van der Waals surface area contributed by atoms with Crippen LogP contribution in [0.2, 0.25) is 0 Å². The molecule has 1 aromatic heterocycles. The van der Waals surface area contributed by atoms with E-state index in [1.807, 2.05) is 31.2 Å². The van der Waals surface area contributed by atoms with Crippen molar-refractivity contribution >= 4 is 27.5 Å². The van der Waals surface area contributed by atoms with Crippen molar-refractivity contribution in [3.05, 3.63) is 35.7 Å². The van der Waals surface area contributed by atoms with Gasteiger partial charge in [0.2, 0.25) is 0 Å².